The van der Waals surface area contributed by atoms with E-state index >= 15 is 0 Å². The van der Waals surface area contributed by atoms with Gasteiger partial charge in [-0.1, -0.05) is 41.1 Å². The van der Waals surface area contributed by atoms with Crippen LogP contribution >= 0.6 is 15.9 Å². The maximum absolute atomic E-state index is 5.89. The Labute approximate surface area is 157 Å². The number of ether oxygens (including phenoxy) is 2. The third kappa shape index (κ3) is 4.04. The van der Waals surface area contributed by atoms with Gasteiger partial charge >= 0.3 is 0 Å². The zero-order valence-electron chi connectivity index (χ0n) is 14.4. The lowest BCUT2D eigenvalue weighted by Crippen LogP contribution is -2.29. The number of aliphatic imine (C=N–C) groups is 1. The van der Waals surface area contributed by atoms with Crippen molar-refractivity contribution < 1.29 is 9.47 Å². The molecule has 0 saturated carbocycles. The molecule has 2 heterocycles. The van der Waals surface area contributed by atoms with E-state index in [9.17, 15) is 0 Å². The fourth-order valence-corrected chi connectivity index (χ4v) is 3.09. The minimum Gasteiger partial charge on any atom is -0.493 e. The zero-order chi connectivity index (χ0) is 17.6. The first-order valence-electron chi connectivity index (χ1n) is 8.29. The molecule has 0 radical (unpaired) electrons. The van der Waals surface area contributed by atoms with Gasteiger partial charge in [-0.3, -0.25) is 0 Å². The molecule has 0 saturated heterocycles. The largest absolute Gasteiger partial charge is 0.493 e. The van der Waals surface area contributed by atoms with Gasteiger partial charge in [-0.25, -0.2) is 4.99 Å². The van der Waals surface area contributed by atoms with Crippen molar-refractivity contribution in [3.05, 3.63) is 64.4 Å². The average Bonchev–Trinajstić information content (AvgIpc) is 2.64. The number of nitrogens with zero attached hydrogens (tertiary/aromatic N) is 2. The molecular formula is C20H21BrN2O2. The predicted octanol–water partition coefficient (Wildman–Crippen LogP) is 4.90. The molecule has 1 aromatic rings. The Morgan fingerprint density at radius 3 is 2.96 bits per heavy atom. The topological polar surface area (TPSA) is 34.1 Å². The van der Waals surface area contributed by atoms with Crippen LogP contribution in [0.4, 0.5) is 0 Å². The third-order valence-corrected chi connectivity index (χ3v) is 4.50. The fourth-order valence-electron chi connectivity index (χ4n) is 2.60. The molecule has 0 unspecified atom stereocenters. The molecule has 0 aliphatic carbocycles. The molecule has 0 aromatic heterocycles. The van der Waals surface area contributed by atoms with Crippen LogP contribution in [0.15, 0.2) is 63.9 Å². The van der Waals surface area contributed by atoms with E-state index in [2.05, 4.69) is 27.8 Å². The number of methoxy groups -OCH3 is 1. The highest BCUT2D eigenvalue weighted by molar-refractivity contribution is 9.11. The molecule has 2 aliphatic heterocycles. The Bertz CT molecular complexity index is 791. The monoisotopic (exact) mass is 400 g/mol. The summed E-state index contributed by atoms with van der Waals surface area (Å²) in [7, 11) is 1.66. The molecule has 0 bridgehead atoms. The summed E-state index contributed by atoms with van der Waals surface area (Å²) in [6.45, 7) is 3.52. The number of rotatable bonds is 6. The molecule has 3 rings (SSSR count). The van der Waals surface area contributed by atoms with Crippen LogP contribution in [0.2, 0.25) is 0 Å². The van der Waals surface area contributed by atoms with Gasteiger partial charge < -0.3 is 14.4 Å². The summed E-state index contributed by atoms with van der Waals surface area (Å²) in [5, 5.41) is 0. The lowest BCUT2D eigenvalue weighted by atomic mass is 10.1. The van der Waals surface area contributed by atoms with Gasteiger partial charge in [-0.2, -0.15) is 0 Å². The highest BCUT2D eigenvalue weighted by atomic mass is 79.9. The van der Waals surface area contributed by atoms with Gasteiger partial charge in [0.25, 0.3) is 0 Å². The second kappa shape index (κ2) is 8.21. The minimum atomic E-state index is 0.655. The highest BCUT2D eigenvalue weighted by Gasteiger charge is 2.17. The van der Waals surface area contributed by atoms with Crippen molar-refractivity contribution in [1.82, 2.24) is 4.90 Å². The van der Waals surface area contributed by atoms with Crippen molar-refractivity contribution in [2.75, 3.05) is 20.3 Å². The summed E-state index contributed by atoms with van der Waals surface area (Å²) >= 11 is 3.64. The Morgan fingerprint density at radius 2 is 2.16 bits per heavy atom. The standard InChI is InChI=1S/C20H21BrN2O2/c1-3-13-25-20-15(7-6-8-18(20)24-2)10-11-17-16(21)14-23-12-5-4-9-19(23)22-17/h4-12H,3,13-14H2,1-2H3/b11-10+. The number of halogens is 1. The summed E-state index contributed by atoms with van der Waals surface area (Å²) in [6, 6.07) is 5.89. The van der Waals surface area contributed by atoms with Gasteiger partial charge in [-0.15, -0.1) is 0 Å². The van der Waals surface area contributed by atoms with Crippen LogP contribution in [0.5, 0.6) is 11.5 Å². The summed E-state index contributed by atoms with van der Waals surface area (Å²) < 4.78 is 12.4. The average molecular weight is 401 g/mol. The van der Waals surface area contributed by atoms with Crippen LogP contribution in [-0.4, -0.2) is 31.0 Å². The van der Waals surface area contributed by atoms with Gasteiger partial charge in [0.05, 0.1) is 26.0 Å². The van der Waals surface area contributed by atoms with Crippen LogP contribution in [0.1, 0.15) is 18.9 Å². The highest BCUT2D eigenvalue weighted by Crippen LogP contribution is 2.33. The molecular weight excluding hydrogens is 380 g/mol. The van der Waals surface area contributed by atoms with Crippen molar-refractivity contribution in [2.45, 2.75) is 13.3 Å². The SMILES string of the molecule is CCCOc1c(/C=C/C2=C(Br)CN3C=CC=CC3=N2)cccc1OC. The number of hydrogen-bond acceptors (Lipinski definition) is 4. The zero-order valence-corrected chi connectivity index (χ0v) is 16.0. The maximum atomic E-state index is 5.89. The fraction of sp³-hybridized carbons (Fsp3) is 0.250. The van der Waals surface area contributed by atoms with Gasteiger partial charge in [0.2, 0.25) is 0 Å². The molecule has 0 atom stereocenters. The van der Waals surface area contributed by atoms with E-state index < -0.39 is 0 Å². The Balaban J connectivity index is 1.88. The Kier molecular flexibility index (Phi) is 5.76. The van der Waals surface area contributed by atoms with Crippen LogP contribution in [0.25, 0.3) is 6.08 Å². The van der Waals surface area contributed by atoms with E-state index in [0.29, 0.717) is 6.61 Å². The van der Waals surface area contributed by atoms with Crippen molar-refractivity contribution >= 4 is 27.8 Å². The second-order valence-electron chi connectivity index (χ2n) is 5.65. The number of benzene rings is 1. The van der Waals surface area contributed by atoms with Crippen LogP contribution in [0.3, 0.4) is 0 Å². The van der Waals surface area contributed by atoms with E-state index in [1.54, 1.807) is 7.11 Å². The van der Waals surface area contributed by atoms with Gasteiger partial charge in [0.1, 0.15) is 5.84 Å². The summed E-state index contributed by atoms with van der Waals surface area (Å²) in [4.78, 5) is 6.81. The summed E-state index contributed by atoms with van der Waals surface area (Å²) in [5.74, 6) is 2.45. The Morgan fingerprint density at radius 1 is 1.28 bits per heavy atom. The molecule has 0 amide bonds. The van der Waals surface area contributed by atoms with Gasteiger partial charge in [0.15, 0.2) is 11.5 Å². The lowest BCUT2D eigenvalue weighted by molar-refractivity contribution is 0.293. The molecule has 0 spiro atoms. The maximum Gasteiger partial charge on any atom is 0.168 e. The predicted molar refractivity (Wildman–Crippen MR) is 106 cm³/mol. The minimum absolute atomic E-state index is 0.655. The third-order valence-electron chi connectivity index (χ3n) is 3.84. The smallest absolute Gasteiger partial charge is 0.168 e. The number of amidine groups is 1. The molecule has 0 fully saturated rings. The number of para-hydroxylation sites is 1. The molecule has 25 heavy (non-hydrogen) atoms. The molecule has 2 aliphatic rings. The quantitative estimate of drug-likeness (QED) is 0.680. The van der Waals surface area contributed by atoms with E-state index in [0.717, 1.165) is 46.0 Å². The van der Waals surface area contributed by atoms with E-state index in [4.69, 9.17) is 14.5 Å². The first-order chi connectivity index (χ1) is 12.2. The van der Waals surface area contributed by atoms with Crippen LogP contribution in [-0.2, 0) is 0 Å². The number of hydrogen-bond donors (Lipinski definition) is 0. The van der Waals surface area contributed by atoms with Crippen molar-refractivity contribution in [3.8, 4) is 11.5 Å². The van der Waals surface area contributed by atoms with Crippen molar-refractivity contribution in [2.24, 2.45) is 4.99 Å². The molecule has 130 valence electrons. The molecule has 0 N–H and O–H groups in total. The van der Waals surface area contributed by atoms with Crippen molar-refractivity contribution in [3.63, 3.8) is 0 Å². The van der Waals surface area contributed by atoms with Gasteiger partial charge in [0, 0.05) is 16.2 Å². The van der Waals surface area contributed by atoms with Crippen LogP contribution < -0.4 is 9.47 Å². The Hall–Kier alpha value is -2.27. The second-order valence-corrected chi connectivity index (χ2v) is 6.61. The van der Waals surface area contributed by atoms with Crippen molar-refractivity contribution in [1.29, 1.82) is 0 Å². The van der Waals surface area contributed by atoms with E-state index in [1.807, 2.05) is 54.8 Å². The van der Waals surface area contributed by atoms with Crippen LogP contribution in [0, 0.1) is 0 Å². The molecule has 5 heteroatoms. The summed E-state index contributed by atoms with van der Waals surface area (Å²) in [5.41, 5.74) is 1.89. The van der Waals surface area contributed by atoms with E-state index in [1.165, 1.54) is 0 Å². The molecule has 4 nitrogen and oxygen atoms in total. The molecule has 1 aromatic carbocycles. The van der Waals surface area contributed by atoms with Gasteiger partial charge in [-0.05, 0) is 36.8 Å². The van der Waals surface area contributed by atoms with E-state index in [-0.39, 0.29) is 0 Å². The number of allylic oxidation sites excluding steroid dienone is 3. The first-order valence-corrected chi connectivity index (χ1v) is 9.09. The lowest BCUT2D eigenvalue weighted by Gasteiger charge is -2.26. The first kappa shape index (κ1) is 17.5. The number of fused-ring (bicyclic) bond motifs is 1. The summed E-state index contributed by atoms with van der Waals surface area (Å²) in [6.07, 6.45) is 13.0. The normalized spacial score (nSPS) is 16.3.